The topological polar surface area (TPSA) is 58.0 Å². The Bertz CT molecular complexity index is 498. The molecule has 0 saturated carbocycles. The molecule has 0 fully saturated rings. The van der Waals surface area contributed by atoms with Gasteiger partial charge in [0, 0.05) is 13.0 Å². The van der Waals surface area contributed by atoms with Crippen LogP contribution < -0.4 is 5.32 Å². The average Bonchev–Trinajstić information content (AvgIpc) is 2.77. The Balaban J connectivity index is 1.95. The molecule has 2 aromatic rings. The second kappa shape index (κ2) is 5.88. The van der Waals surface area contributed by atoms with Gasteiger partial charge in [0.15, 0.2) is 0 Å². The molecular formula is C12H14FN3OS. The van der Waals surface area contributed by atoms with Crippen LogP contribution in [0.3, 0.4) is 0 Å². The van der Waals surface area contributed by atoms with E-state index in [0.717, 1.165) is 10.6 Å². The van der Waals surface area contributed by atoms with Crippen LogP contribution in [0.15, 0.2) is 24.3 Å². The molecule has 96 valence electrons. The SMILES string of the molecule is CC(O)CNc1nnc(Cc2ccc(F)cc2)s1. The Morgan fingerprint density at radius 1 is 1.33 bits per heavy atom. The molecule has 4 nitrogen and oxygen atoms in total. The zero-order valence-corrected chi connectivity index (χ0v) is 10.7. The van der Waals surface area contributed by atoms with Gasteiger partial charge in [0.1, 0.15) is 10.8 Å². The molecule has 18 heavy (non-hydrogen) atoms. The summed E-state index contributed by atoms with van der Waals surface area (Å²) in [5, 5.41) is 21.7. The highest BCUT2D eigenvalue weighted by Crippen LogP contribution is 2.18. The maximum absolute atomic E-state index is 12.7. The third-order valence-corrected chi connectivity index (χ3v) is 3.17. The number of anilines is 1. The molecule has 0 radical (unpaired) electrons. The van der Waals surface area contributed by atoms with Crippen molar-refractivity contribution in [3.8, 4) is 0 Å². The van der Waals surface area contributed by atoms with Crippen LogP contribution in [0.1, 0.15) is 17.5 Å². The lowest BCUT2D eigenvalue weighted by atomic mass is 10.2. The van der Waals surface area contributed by atoms with Gasteiger partial charge in [-0.05, 0) is 24.6 Å². The molecule has 0 aliphatic heterocycles. The zero-order chi connectivity index (χ0) is 13.0. The van der Waals surface area contributed by atoms with Crippen molar-refractivity contribution in [2.24, 2.45) is 0 Å². The van der Waals surface area contributed by atoms with E-state index in [4.69, 9.17) is 5.11 Å². The monoisotopic (exact) mass is 267 g/mol. The minimum absolute atomic E-state index is 0.240. The first-order chi connectivity index (χ1) is 8.63. The van der Waals surface area contributed by atoms with Crippen LogP contribution >= 0.6 is 11.3 Å². The third-order valence-electron chi connectivity index (χ3n) is 2.28. The average molecular weight is 267 g/mol. The largest absolute Gasteiger partial charge is 0.392 e. The first-order valence-corrected chi connectivity index (χ1v) is 6.44. The number of aliphatic hydroxyl groups is 1. The summed E-state index contributed by atoms with van der Waals surface area (Å²) in [4.78, 5) is 0. The fourth-order valence-corrected chi connectivity index (χ4v) is 2.19. The lowest BCUT2D eigenvalue weighted by molar-refractivity contribution is 0.208. The summed E-state index contributed by atoms with van der Waals surface area (Å²) in [6, 6.07) is 6.34. The summed E-state index contributed by atoms with van der Waals surface area (Å²) in [5.74, 6) is -0.240. The third kappa shape index (κ3) is 3.75. The lowest BCUT2D eigenvalue weighted by Gasteiger charge is -2.02. The van der Waals surface area contributed by atoms with E-state index in [1.165, 1.54) is 23.5 Å². The Morgan fingerprint density at radius 3 is 2.72 bits per heavy atom. The van der Waals surface area contributed by atoms with Crippen LogP contribution in [0.25, 0.3) is 0 Å². The second-order valence-electron chi connectivity index (χ2n) is 4.03. The van der Waals surface area contributed by atoms with E-state index < -0.39 is 6.10 Å². The summed E-state index contributed by atoms with van der Waals surface area (Å²) in [7, 11) is 0. The van der Waals surface area contributed by atoms with Gasteiger partial charge < -0.3 is 10.4 Å². The van der Waals surface area contributed by atoms with Gasteiger partial charge in [-0.1, -0.05) is 23.5 Å². The number of hydrogen-bond acceptors (Lipinski definition) is 5. The predicted molar refractivity (Wildman–Crippen MR) is 69.3 cm³/mol. The first kappa shape index (κ1) is 12.9. The highest BCUT2D eigenvalue weighted by molar-refractivity contribution is 7.15. The van der Waals surface area contributed by atoms with Crippen molar-refractivity contribution in [2.45, 2.75) is 19.4 Å². The van der Waals surface area contributed by atoms with Gasteiger partial charge in [-0.3, -0.25) is 0 Å². The number of benzene rings is 1. The standard InChI is InChI=1S/C12H14FN3OS/c1-8(17)7-14-12-16-15-11(18-12)6-9-2-4-10(13)5-3-9/h2-5,8,17H,6-7H2,1H3,(H,14,16). The molecule has 0 bridgehead atoms. The first-order valence-electron chi connectivity index (χ1n) is 5.62. The van der Waals surface area contributed by atoms with Crippen molar-refractivity contribution >= 4 is 16.5 Å². The number of nitrogens with zero attached hydrogens (tertiary/aromatic N) is 2. The zero-order valence-electron chi connectivity index (χ0n) is 9.93. The molecule has 0 saturated heterocycles. The maximum atomic E-state index is 12.7. The molecule has 1 heterocycles. The van der Waals surface area contributed by atoms with Crippen LogP contribution in [0.4, 0.5) is 9.52 Å². The maximum Gasteiger partial charge on any atom is 0.205 e. The Labute approximate surface area is 109 Å². The van der Waals surface area contributed by atoms with Crippen LogP contribution in [-0.4, -0.2) is 28.0 Å². The minimum atomic E-state index is -0.422. The van der Waals surface area contributed by atoms with E-state index in [9.17, 15) is 4.39 Å². The van der Waals surface area contributed by atoms with Crippen molar-refractivity contribution in [3.63, 3.8) is 0 Å². The van der Waals surface area contributed by atoms with E-state index in [2.05, 4.69) is 15.5 Å². The fourth-order valence-electron chi connectivity index (χ4n) is 1.41. The van der Waals surface area contributed by atoms with Crippen molar-refractivity contribution in [2.75, 3.05) is 11.9 Å². The fraction of sp³-hybridized carbons (Fsp3) is 0.333. The smallest absolute Gasteiger partial charge is 0.205 e. The van der Waals surface area contributed by atoms with Crippen LogP contribution in [0.2, 0.25) is 0 Å². The van der Waals surface area contributed by atoms with Gasteiger partial charge in [-0.15, -0.1) is 10.2 Å². The molecule has 1 aromatic heterocycles. The van der Waals surface area contributed by atoms with E-state index in [-0.39, 0.29) is 5.82 Å². The number of halogens is 1. The molecule has 2 N–H and O–H groups in total. The van der Waals surface area contributed by atoms with Crippen molar-refractivity contribution in [1.29, 1.82) is 0 Å². The molecule has 6 heteroatoms. The van der Waals surface area contributed by atoms with Crippen molar-refractivity contribution < 1.29 is 9.50 Å². The molecule has 0 spiro atoms. The van der Waals surface area contributed by atoms with Gasteiger partial charge >= 0.3 is 0 Å². The summed E-state index contributed by atoms with van der Waals surface area (Å²) in [5.41, 5.74) is 0.995. The number of rotatable bonds is 5. The Hall–Kier alpha value is -1.53. The molecular weight excluding hydrogens is 253 g/mol. The molecule has 1 aromatic carbocycles. The van der Waals surface area contributed by atoms with E-state index in [1.807, 2.05) is 0 Å². The molecule has 1 unspecified atom stereocenters. The van der Waals surface area contributed by atoms with Crippen molar-refractivity contribution in [1.82, 2.24) is 10.2 Å². The molecule has 0 aliphatic rings. The predicted octanol–water partition coefficient (Wildman–Crippen LogP) is 2.06. The van der Waals surface area contributed by atoms with Crippen molar-refractivity contribution in [3.05, 3.63) is 40.7 Å². The summed E-state index contributed by atoms with van der Waals surface area (Å²) in [6.07, 6.45) is 0.211. The van der Waals surface area contributed by atoms with Crippen LogP contribution in [0.5, 0.6) is 0 Å². The van der Waals surface area contributed by atoms with Gasteiger partial charge in [0.25, 0.3) is 0 Å². The Kier molecular flexibility index (Phi) is 4.22. The molecule has 0 aliphatic carbocycles. The Morgan fingerprint density at radius 2 is 2.06 bits per heavy atom. The summed E-state index contributed by atoms with van der Waals surface area (Å²) >= 11 is 1.44. The summed E-state index contributed by atoms with van der Waals surface area (Å²) in [6.45, 7) is 2.15. The highest BCUT2D eigenvalue weighted by atomic mass is 32.1. The van der Waals surface area contributed by atoms with Crippen LogP contribution in [-0.2, 0) is 6.42 Å². The number of nitrogens with one attached hydrogen (secondary N) is 1. The van der Waals surface area contributed by atoms with E-state index in [0.29, 0.717) is 18.1 Å². The number of hydrogen-bond donors (Lipinski definition) is 2. The van der Waals surface area contributed by atoms with Gasteiger partial charge in [-0.2, -0.15) is 0 Å². The molecule has 2 rings (SSSR count). The minimum Gasteiger partial charge on any atom is -0.392 e. The number of aliphatic hydroxyl groups excluding tert-OH is 1. The number of aromatic nitrogens is 2. The van der Waals surface area contributed by atoms with E-state index in [1.54, 1.807) is 19.1 Å². The normalized spacial score (nSPS) is 12.4. The van der Waals surface area contributed by atoms with Gasteiger partial charge in [0.2, 0.25) is 5.13 Å². The van der Waals surface area contributed by atoms with Crippen LogP contribution in [0, 0.1) is 5.82 Å². The molecule has 0 amide bonds. The van der Waals surface area contributed by atoms with Gasteiger partial charge in [-0.25, -0.2) is 4.39 Å². The second-order valence-corrected chi connectivity index (χ2v) is 5.10. The molecule has 1 atom stereocenters. The van der Waals surface area contributed by atoms with Gasteiger partial charge in [0.05, 0.1) is 6.10 Å². The quantitative estimate of drug-likeness (QED) is 0.870. The highest BCUT2D eigenvalue weighted by Gasteiger charge is 2.05. The lowest BCUT2D eigenvalue weighted by Crippen LogP contribution is -2.14. The summed E-state index contributed by atoms with van der Waals surface area (Å²) < 4.78 is 12.7. The van der Waals surface area contributed by atoms with E-state index >= 15 is 0 Å².